The van der Waals surface area contributed by atoms with E-state index >= 15 is 0 Å². The summed E-state index contributed by atoms with van der Waals surface area (Å²) in [7, 11) is 0. The van der Waals surface area contributed by atoms with Gasteiger partial charge in [-0.25, -0.2) is 0 Å². The molecule has 3 N–H and O–H groups in total. The third-order valence-electron chi connectivity index (χ3n) is 2.11. The second kappa shape index (κ2) is 5.65. The van der Waals surface area contributed by atoms with Crippen molar-refractivity contribution < 1.29 is 14.4 Å². The van der Waals surface area contributed by atoms with E-state index in [0.717, 1.165) is 5.56 Å². The number of Topliss-reactive ketones (excluding diaryl/α,β-unsaturated/α-hetero) is 1. The molecule has 1 rings (SSSR count). The zero-order valence-electron chi connectivity index (χ0n) is 8.55. The molecular weight excluding hydrogens is 208 g/mol. The molecule has 0 aliphatic heterocycles. The molecule has 0 saturated heterocycles. The first kappa shape index (κ1) is 11.9. The lowest BCUT2D eigenvalue weighted by atomic mass is 10.0. The second-order valence-corrected chi connectivity index (χ2v) is 3.26. The molecule has 5 nitrogen and oxygen atoms in total. The Morgan fingerprint density at radius 1 is 1.31 bits per heavy atom. The van der Waals surface area contributed by atoms with E-state index in [4.69, 9.17) is 5.73 Å². The van der Waals surface area contributed by atoms with Crippen LogP contribution in [-0.2, 0) is 20.8 Å². The Kier molecular flexibility index (Phi) is 4.20. The first-order valence-electron chi connectivity index (χ1n) is 4.72. The Hall–Kier alpha value is -2.17. The summed E-state index contributed by atoms with van der Waals surface area (Å²) < 4.78 is 0. The molecule has 1 aromatic carbocycles. The van der Waals surface area contributed by atoms with E-state index in [2.05, 4.69) is 5.32 Å². The average molecular weight is 220 g/mol. The van der Waals surface area contributed by atoms with Crippen molar-refractivity contribution >= 4 is 18.1 Å². The van der Waals surface area contributed by atoms with Crippen molar-refractivity contribution in [1.29, 1.82) is 0 Å². The van der Waals surface area contributed by atoms with Gasteiger partial charge in [0.2, 0.25) is 12.2 Å². The Morgan fingerprint density at radius 2 is 1.94 bits per heavy atom. The van der Waals surface area contributed by atoms with Gasteiger partial charge in [-0.2, -0.15) is 0 Å². The zero-order valence-corrected chi connectivity index (χ0v) is 8.55. The van der Waals surface area contributed by atoms with E-state index in [1.54, 1.807) is 12.1 Å². The summed E-state index contributed by atoms with van der Waals surface area (Å²) in [6.45, 7) is 0. The minimum absolute atomic E-state index is 0.251. The predicted octanol–water partition coefficient (Wildman–Crippen LogP) is -0.602. The van der Waals surface area contributed by atoms with Crippen LogP contribution >= 0.6 is 0 Å². The van der Waals surface area contributed by atoms with Gasteiger partial charge in [-0.3, -0.25) is 14.4 Å². The maximum Gasteiger partial charge on any atom is 0.287 e. The SMILES string of the molecule is NC(=O)C(=O)C(Cc1ccccc1)NC=O. The lowest BCUT2D eigenvalue weighted by Crippen LogP contribution is -2.44. The molecule has 0 radical (unpaired) electrons. The molecule has 1 aromatic rings. The number of hydrogen-bond donors (Lipinski definition) is 2. The number of carbonyl (C=O) groups excluding carboxylic acids is 3. The number of primary amides is 1. The minimum atomic E-state index is -1.05. The number of rotatable bonds is 6. The normalized spacial score (nSPS) is 11.5. The molecule has 2 amide bonds. The topological polar surface area (TPSA) is 89.3 Å². The van der Waals surface area contributed by atoms with Crippen molar-refractivity contribution in [1.82, 2.24) is 5.32 Å². The van der Waals surface area contributed by atoms with Gasteiger partial charge in [0, 0.05) is 6.42 Å². The van der Waals surface area contributed by atoms with Crippen LogP contribution in [0, 0.1) is 0 Å². The molecular formula is C11H12N2O3. The van der Waals surface area contributed by atoms with Gasteiger partial charge in [0.15, 0.2) is 0 Å². The van der Waals surface area contributed by atoms with E-state index in [0.29, 0.717) is 6.41 Å². The van der Waals surface area contributed by atoms with Gasteiger partial charge in [0.25, 0.3) is 5.91 Å². The van der Waals surface area contributed by atoms with Crippen LogP contribution in [0.2, 0.25) is 0 Å². The summed E-state index contributed by atoms with van der Waals surface area (Å²) in [6.07, 6.45) is 0.635. The molecule has 0 aliphatic rings. The van der Waals surface area contributed by atoms with Crippen molar-refractivity contribution in [2.24, 2.45) is 5.73 Å². The molecule has 0 saturated carbocycles. The number of nitrogens with one attached hydrogen (secondary N) is 1. The highest BCUT2D eigenvalue weighted by Gasteiger charge is 2.22. The molecule has 0 aliphatic carbocycles. The van der Waals surface area contributed by atoms with E-state index in [9.17, 15) is 14.4 Å². The van der Waals surface area contributed by atoms with Gasteiger partial charge < -0.3 is 11.1 Å². The molecule has 0 aromatic heterocycles. The molecule has 0 bridgehead atoms. The molecule has 16 heavy (non-hydrogen) atoms. The van der Waals surface area contributed by atoms with Gasteiger partial charge >= 0.3 is 0 Å². The molecule has 1 unspecified atom stereocenters. The van der Waals surface area contributed by atoms with Crippen molar-refractivity contribution in [2.45, 2.75) is 12.5 Å². The van der Waals surface area contributed by atoms with E-state index in [1.165, 1.54) is 0 Å². The third-order valence-corrected chi connectivity index (χ3v) is 2.11. The fourth-order valence-electron chi connectivity index (χ4n) is 1.33. The van der Waals surface area contributed by atoms with E-state index in [-0.39, 0.29) is 6.42 Å². The quantitative estimate of drug-likeness (QED) is 0.495. The number of hydrogen-bond acceptors (Lipinski definition) is 3. The number of carbonyl (C=O) groups is 3. The van der Waals surface area contributed by atoms with Gasteiger partial charge in [-0.05, 0) is 5.56 Å². The van der Waals surface area contributed by atoms with Crippen molar-refractivity contribution in [3.05, 3.63) is 35.9 Å². The van der Waals surface area contributed by atoms with Gasteiger partial charge in [-0.15, -0.1) is 0 Å². The summed E-state index contributed by atoms with van der Waals surface area (Å²) in [6, 6.07) is 8.16. The highest BCUT2D eigenvalue weighted by molar-refractivity contribution is 6.37. The molecule has 0 fully saturated rings. The highest BCUT2D eigenvalue weighted by atomic mass is 16.2. The minimum Gasteiger partial charge on any atom is -0.363 e. The largest absolute Gasteiger partial charge is 0.363 e. The summed E-state index contributed by atoms with van der Waals surface area (Å²) >= 11 is 0. The standard InChI is InChI=1S/C11H12N2O3/c12-11(16)10(15)9(13-7-14)6-8-4-2-1-3-5-8/h1-5,7,9H,6H2,(H2,12,16)(H,13,14). The van der Waals surface area contributed by atoms with Crippen LogP contribution in [0.1, 0.15) is 5.56 Å². The van der Waals surface area contributed by atoms with Gasteiger partial charge in [0.05, 0.1) is 0 Å². The van der Waals surface area contributed by atoms with Crippen molar-refractivity contribution in [2.75, 3.05) is 0 Å². The van der Waals surface area contributed by atoms with Crippen LogP contribution in [0.3, 0.4) is 0 Å². The van der Waals surface area contributed by atoms with Crippen molar-refractivity contribution in [3.8, 4) is 0 Å². The van der Waals surface area contributed by atoms with Gasteiger partial charge in [-0.1, -0.05) is 30.3 Å². The highest BCUT2D eigenvalue weighted by Crippen LogP contribution is 2.03. The van der Waals surface area contributed by atoms with Crippen LogP contribution < -0.4 is 11.1 Å². The van der Waals surface area contributed by atoms with Crippen molar-refractivity contribution in [3.63, 3.8) is 0 Å². The molecule has 0 heterocycles. The summed E-state index contributed by atoms with van der Waals surface area (Å²) in [5.41, 5.74) is 5.72. The Bertz CT molecular complexity index is 389. The Balaban J connectivity index is 2.76. The Morgan fingerprint density at radius 3 is 2.44 bits per heavy atom. The first-order chi connectivity index (χ1) is 7.65. The maximum atomic E-state index is 11.3. The van der Waals surface area contributed by atoms with Crippen LogP contribution in [0.25, 0.3) is 0 Å². The number of ketones is 1. The molecule has 5 heteroatoms. The maximum absolute atomic E-state index is 11.3. The smallest absolute Gasteiger partial charge is 0.287 e. The van der Waals surface area contributed by atoms with E-state index < -0.39 is 17.7 Å². The lowest BCUT2D eigenvalue weighted by molar-refractivity contribution is -0.137. The van der Waals surface area contributed by atoms with Crippen LogP contribution in [0.5, 0.6) is 0 Å². The second-order valence-electron chi connectivity index (χ2n) is 3.26. The zero-order chi connectivity index (χ0) is 12.0. The molecule has 84 valence electrons. The number of amides is 2. The fraction of sp³-hybridized carbons (Fsp3) is 0.182. The lowest BCUT2D eigenvalue weighted by Gasteiger charge is -2.12. The fourth-order valence-corrected chi connectivity index (χ4v) is 1.33. The number of nitrogens with two attached hydrogens (primary N) is 1. The van der Waals surface area contributed by atoms with Crippen LogP contribution in [-0.4, -0.2) is 24.1 Å². The van der Waals surface area contributed by atoms with E-state index in [1.807, 2.05) is 18.2 Å². The van der Waals surface area contributed by atoms with Gasteiger partial charge in [0.1, 0.15) is 6.04 Å². The third kappa shape index (κ3) is 3.20. The molecule has 0 spiro atoms. The first-order valence-corrected chi connectivity index (χ1v) is 4.72. The summed E-state index contributed by atoms with van der Waals surface area (Å²) in [5, 5.41) is 2.28. The average Bonchev–Trinajstić information content (AvgIpc) is 2.29. The monoisotopic (exact) mass is 220 g/mol. The van der Waals surface area contributed by atoms with Crippen LogP contribution in [0.15, 0.2) is 30.3 Å². The Labute approximate surface area is 92.6 Å². The summed E-state index contributed by atoms with van der Waals surface area (Å²) in [5.74, 6) is -1.84. The number of benzene rings is 1. The predicted molar refractivity (Wildman–Crippen MR) is 57.3 cm³/mol. The molecule has 1 atom stereocenters. The summed E-state index contributed by atoms with van der Waals surface area (Å²) in [4.78, 5) is 32.4. The van der Waals surface area contributed by atoms with Crippen LogP contribution in [0.4, 0.5) is 0 Å².